The number of hydrogen-bond acceptors (Lipinski definition) is 4. The van der Waals surface area contributed by atoms with Gasteiger partial charge < -0.3 is 19.5 Å². The van der Waals surface area contributed by atoms with Gasteiger partial charge in [-0.2, -0.15) is 0 Å². The zero-order chi connectivity index (χ0) is 14.8. The molecule has 2 heterocycles. The lowest BCUT2D eigenvalue weighted by atomic mass is 10.2. The Balaban J connectivity index is 1.75. The van der Waals surface area contributed by atoms with Crippen molar-refractivity contribution >= 4 is 22.8 Å². The fraction of sp³-hybridized carbons (Fsp3) is 0.467. The van der Waals surface area contributed by atoms with Crippen LogP contribution >= 0.6 is 0 Å². The SMILES string of the molecule is CCOC(=O)N1CCN(c2cccc3[nH]c(C)nc23)CC1. The fourth-order valence-electron chi connectivity index (χ4n) is 2.74. The third kappa shape index (κ3) is 2.66. The number of nitrogens with one attached hydrogen (secondary N) is 1. The standard InChI is InChI=1S/C15H20N4O2/c1-3-21-15(20)19-9-7-18(8-10-19)13-6-4-5-12-14(13)17-11(2)16-12/h4-6H,3,7-10H2,1-2H3,(H,16,17). The van der Waals surface area contributed by atoms with Crippen LogP contribution in [0.4, 0.5) is 10.5 Å². The summed E-state index contributed by atoms with van der Waals surface area (Å²) in [6.45, 7) is 7.16. The van der Waals surface area contributed by atoms with Crippen molar-refractivity contribution in [1.82, 2.24) is 14.9 Å². The number of nitrogens with zero attached hydrogens (tertiary/aromatic N) is 3. The van der Waals surface area contributed by atoms with E-state index in [1.54, 1.807) is 4.90 Å². The average Bonchev–Trinajstić information content (AvgIpc) is 2.87. The molecule has 0 aliphatic carbocycles. The predicted molar refractivity (Wildman–Crippen MR) is 81.6 cm³/mol. The molecule has 112 valence electrons. The van der Waals surface area contributed by atoms with Gasteiger partial charge in [0.05, 0.1) is 17.8 Å². The van der Waals surface area contributed by atoms with Gasteiger partial charge in [-0.1, -0.05) is 6.07 Å². The van der Waals surface area contributed by atoms with E-state index in [4.69, 9.17) is 4.74 Å². The second kappa shape index (κ2) is 5.63. The molecule has 1 amide bonds. The molecule has 1 aliphatic rings. The van der Waals surface area contributed by atoms with Gasteiger partial charge in [-0.15, -0.1) is 0 Å². The van der Waals surface area contributed by atoms with Crippen LogP contribution in [0.3, 0.4) is 0 Å². The number of benzene rings is 1. The van der Waals surface area contributed by atoms with Crippen LogP contribution in [0.1, 0.15) is 12.7 Å². The van der Waals surface area contributed by atoms with Crippen molar-refractivity contribution in [3.63, 3.8) is 0 Å². The number of para-hydroxylation sites is 1. The molecule has 1 fully saturated rings. The first kappa shape index (κ1) is 13.7. The van der Waals surface area contributed by atoms with Gasteiger partial charge in [0, 0.05) is 26.2 Å². The molecule has 1 aromatic carbocycles. The highest BCUT2D eigenvalue weighted by molar-refractivity contribution is 5.89. The summed E-state index contributed by atoms with van der Waals surface area (Å²) in [6.07, 6.45) is -0.217. The number of H-pyrrole nitrogens is 1. The van der Waals surface area contributed by atoms with E-state index in [0.717, 1.165) is 35.6 Å². The number of rotatable bonds is 2. The van der Waals surface area contributed by atoms with Crippen molar-refractivity contribution < 1.29 is 9.53 Å². The zero-order valence-corrected chi connectivity index (χ0v) is 12.4. The molecule has 2 aromatic rings. The van der Waals surface area contributed by atoms with Crippen molar-refractivity contribution in [3.05, 3.63) is 24.0 Å². The highest BCUT2D eigenvalue weighted by Crippen LogP contribution is 2.26. The molecule has 0 bridgehead atoms. The van der Waals surface area contributed by atoms with E-state index in [1.165, 1.54) is 0 Å². The number of hydrogen-bond donors (Lipinski definition) is 1. The van der Waals surface area contributed by atoms with Crippen LogP contribution in [-0.4, -0.2) is 53.7 Å². The summed E-state index contributed by atoms with van der Waals surface area (Å²) in [5.41, 5.74) is 3.18. The Kier molecular flexibility index (Phi) is 3.68. The molecule has 21 heavy (non-hydrogen) atoms. The van der Waals surface area contributed by atoms with Crippen LogP contribution in [0.25, 0.3) is 11.0 Å². The zero-order valence-electron chi connectivity index (χ0n) is 12.4. The first-order chi connectivity index (χ1) is 10.2. The largest absolute Gasteiger partial charge is 0.450 e. The van der Waals surface area contributed by atoms with Gasteiger partial charge in [-0.3, -0.25) is 0 Å². The Morgan fingerprint density at radius 1 is 1.33 bits per heavy atom. The molecule has 0 unspecified atom stereocenters. The van der Waals surface area contributed by atoms with Crippen LogP contribution in [-0.2, 0) is 4.74 Å². The predicted octanol–water partition coefficient (Wildman–Crippen LogP) is 2.15. The molecule has 3 rings (SSSR count). The van der Waals surface area contributed by atoms with Crippen LogP contribution < -0.4 is 4.90 Å². The number of amides is 1. The lowest BCUT2D eigenvalue weighted by molar-refractivity contribution is 0.105. The van der Waals surface area contributed by atoms with Gasteiger partial charge in [-0.05, 0) is 26.0 Å². The molecule has 1 saturated heterocycles. The molecule has 1 N–H and O–H groups in total. The third-order valence-corrected chi connectivity index (χ3v) is 3.76. The lowest BCUT2D eigenvalue weighted by Crippen LogP contribution is -2.49. The van der Waals surface area contributed by atoms with Gasteiger partial charge in [0.1, 0.15) is 11.3 Å². The number of aromatic nitrogens is 2. The second-order valence-corrected chi connectivity index (χ2v) is 5.17. The van der Waals surface area contributed by atoms with Gasteiger partial charge in [0.25, 0.3) is 0 Å². The number of ether oxygens (including phenoxy) is 1. The van der Waals surface area contributed by atoms with Crippen LogP contribution in [0.5, 0.6) is 0 Å². The molecule has 0 radical (unpaired) electrons. The summed E-state index contributed by atoms with van der Waals surface area (Å²) in [7, 11) is 0. The van der Waals surface area contributed by atoms with Gasteiger partial charge in [0.15, 0.2) is 0 Å². The number of fused-ring (bicyclic) bond motifs is 1. The van der Waals surface area contributed by atoms with E-state index in [0.29, 0.717) is 19.7 Å². The lowest BCUT2D eigenvalue weighted by Gasteiger charge is -2.35. The topological polar surface area (TPSA) is 61.5 Å². The maximum Gasteiger partial charge on any atom is 0.409 e. The minimum Gasteiger partial charge on any atom is -0.450 e. The van der Waals surface area contributed by atoms with E-state index in [9.17, 15) is 4.79 Å². The van der Waals surface area contributed by atoms with E-state index in [2.05, 4.69) is 20.9 Å². The Hall–Kier alpha value is -2.24. The number of imidazole rings is 1. The average molecular weight is 288 g/mol. The summed E-state index contributed by atoms with van der Waals surface area (Å²) in [4.78, 5) is 23.6. The minimum absolute atomic E-state index is 0.217. The van der Waals surface area contributed by atoms with Gasteiger partial charge in [0.2, 0.25) is 0 Å². The van der Waals surface area contributed by atoms with Crippen molar-refractivity contribution in [3.8, 4) is 0 Å². The maximum absolute atomic E-state index is 11.7. The molecule has 6 nitrogen and oxygen atoms in total. The molecule has 0 saturated carbocycles. The minimum atomic E-state index is -0.217. The Labute approximate surface area is 123 Å². The Morgan fingerprint density at radius 3 is 2.81 bits per heavy atom. The van der Waals surface area contributed by atoms with Crippen molar-refractivity contribution in [2.75, 3.05) is 37.7 Å². The normalized spacial score (nSPS) is 15.5. The summed E-state index contributed by atoms with van der Waals surface area (Å²) < 4.78 is 5.05. The van der Waals surface area contributed by atoms with Gasteiger partial charge >= 0.3 is 6.09 Å². The van der Waals surface area contributed by atoms with Gasteiger partial charge in [-0.25, -0.2) is 9.78 Å². The third-order valence-electron chi connectivity index (χ3n) is 3.76. The number of aromatic amines is 1. The van der Waals surface area contributed by atoms with Crippen LogP contribution in [0, 0.1) is 6.92 Å². The highest BCUT2D eigenvalue weighted by Gasteiger charge is 2.23. The van der Waals surface area contributed by atoms with Crippen LogP contribution in [0.15, 0.2) is 18.2 Å². The first-order valence-electron chi connectivity index (χ1n) is 7.31. The van der Waals surface area contributed by atoms with Crippen molar-refractivity contribution in [1.29, 1.82) is 0 Å². The first-order valence-corrected chi connectivity index (χ1v) is 7.31. The van der Waals surface area contributed by atoms with Crippen LogP contribution in [0.2, 0.25) is 0 Å². The summed E-state index contributed by atoms with van der Waals surface area (Å²) >= 11 is 0. The second-order valence-electron chi connectivity index (χ2n) is 5.17. The van der Waals surface area contributed by atoms with E-state index in [-0.39, 0.29) is 6.09 Å². The summed E-state index contributed by atoms with van der Waals surface area (Å²) in [5, 5.41) is 0. The Morgan fingerprint density at radius 2 is 2.10 bits per heavy atom. The fourth-order valence-corrected chi connectivity index (χ4v) is 2.74. The van der Waals surface area contributed by atoms with E-state index >= 15 is 0 Å². The van der Waals surface area contributed by atoms with Crippen molar-refractivity contribution in [2.24, 2.45) is 0 Å². The highest BCUT2D eigenvalue weighted by atomic mass is 16.6. The number of carbonyl (C=O) groups is 1. The molecule has 0 spiro atoms. The summed E-state index contributed by atoms with van der Waals surface area (Å²) in [5.74, 6) is 0.919. The molecule has 1 aliphatic heterocycles. The number of anilines is 1. The number of carbonyl (C=O) groups excluding carboxylic acids is 1. The molecular formula is C15H20N4O2. The summed E-state index contributed by atoms with van der Waals surface area (Å²) in [6, 6.07) is 6.16. The quantitative estimate of drug-likeness (QED) is 0.920. The molecule has 1 aromatic heterocycles. The number of aryl methyl sites for hydroxylation is 1. The molecular weight excluding hydrogens is 268 g/mol. The van der Waals surface area contributed by atoms with Crippen molar-refractivity contribution in [2.45, 2.75) is 13.8 Å². The smallest absolute Gasteiger partial charge is 0.409 e. The van der Waals surface area contributed by atoms with E-state index < -0.39 is 0 Å². The van der Waals surface area contributed by atoms with E-state index in [1.807, 2.05) is 26.0 Å². The molecule has 6 heteroatoms. The monoisotopic (exact) mass is 288 g/mol. The molecule has 0 atom stereocenters. The Bertz CT molecular complexity index is 644. The maximum atomic E-state index is 11.7. The number of piperazine rings is 1.